The molecule has 2 aromatic rings. The summed E-state index contributed by atoms with van der Waals surface area (Å²) in [7, 11) is 0. The molecule has 1 aliphatic heterocycles. The monoisotopic (exact) mass is 410 g/mol. The van der Waals surface area contributed by atoms with Crippen LogP contribution in [-0.4, -0.2) is 55.7 Å². The van der Waals surface area contributed by atoms with Crippen LogP contribution in [-0.2, 0) is 20.8 Å². The van der Waals surface area contributed by atoms with Gasteiger partial charge >= 0.3 is 5.97 Å². The fraction of sp³-hybridized carbons (Fsp3) is 0.417. The minimum atomic E-state index is -0.853. The molecule has 2 atom stereocenters. The average molecular weight is 411 g/mol. The van der Waals surface area contributed by atoms with E-state index in [1.165, 1.54) is 0 Å². The first kappa shape index (κ1) is 22.0. The highest BCUT2D eigenvalue weighted by Gasteiger charge is 2.20. The summed E-state index contributed by atoms with van der Waals surface area (Å²) >= 11 is 0. The van der Waals surface area contributed by atoms with Crippen molar-refractivity contribution >= 4 is 11.9 Å². The van der Waals surface area contributed by atoms with Crippen molar-refractivity contribution in [2.45, 2.75) is 32.4 Å². The smallest absolute Gasteiger partial charge is 0.338 e. The van der Waals surface area contributed by atoms with Gasteiger partial charge in [0.2, 0.25) is 0 Å². The fourth-order valence-electron chi connectivity index (χ4n) is 3.34. The standard InChI is InChI=1S/C24H30N2O4/c1-18(21-6-4-3-5-7-21)16-25-23(27)19(2)30-24(28)22-10-8-20(9-11-22)17-26-12-14-29-15-13-26/h3-11,18-19H,12-17H2,1-2H3,(H,25,27)/t18-,19+/m0/s1. The SMILES string of the molecule is C[C@@H](OC(=O)c1ccc(CN2CCOCC2)cc1)C(=O)NC[C@H](C)c1ccccc1. The summed E-state index contributed by atoms with van der Waals surface area (Å²) in [5, 5.41) is 2.86. The van der Waals surface area contributed by atoms with Crippen molar-refractivity contribution in [1.29, 1.82) is 0 Å². The van der Waals surface area contributed by atoms with Gasteiger partial charge in [-0.3, -0.25) is 9.69 Å². The van der Waals surface area contributed by atoms with Crippen molar-refractivity contribution in [2.24, 2.45) is 0 Å². The van der Waals surface area contributed by atoms with Gasteiger partial charge in [-0.2, -0.15) is 0 Å². The third-order valence-corrected chi connectivity index (χ3v) is 5.30. The van der Waals surface area contributed by atoms with Crippen molar-refractivity contribution in [3.05, 3.63) is 71.3 Å². The van der Waals surface area contributed by atoms with Crippen LogP contribution in [0.2, 0.25) is 0 Å². The molecule has 0 spiro atoms. The van der Waals surface area contributed by atoms with E-state index in [2.05, 4.69) is 10.2 Å². The van der Waals surface area contributed by atoms with E-state index < -0.39 is 12.1 Å². The van der Waals surface area contributed by atoms with E-state index in [4.69, 9.17) is 9.47 Å². The second kappa shape index (κ2) is 10.9. The predicted octanol–water partition coefficient (Wildman–Crippen LogP) is 2.98. The van der Waals surface area contributed by atoms with E-state index in [1.54, 1.807) is 19.1 Å². The fourth-order valence-corrected chi connectivity index (χ4v) is 3.34. The summed E-state index contributed by atoms with van der Waals surface area (Å²) in [6.07, 6.45) is -0.853. The molecule has 6 nitrogen and oxygen atoms in total. The first-order valence-electron chi connectivity index (χ1n) is 10.5. The minimum Gasteiger partial charge on any atom is -0.449 e. The number of nitrogens with one attached hydrogen (secondary N) is 1. The number of hydrogen-bond acceptors (Lipinski definition) is 5. The Morgan fingerprint density at radius 1 is 1.03 bits per heavy atom. The zero-order valence-corrected chi connectivity index (χ0v) is 17.7. The number of hydrogen-bond donors (Lipinski definition) is 1. The van der Waals surface area contributed by atoms with Crippen LogP contribution in [0.15, 0.2) is 54.6 Å². The number of morpholine rings is 1. The van der Waals surface area contributed by atoms with Crippen molar-refractivity contribution in [1.82, 2.24) is 10.2 Å². The number of rotatable bonds is 8. The molecule has 0 radical (unpaired) electrons. The molecule has 0 unspecified atom stereocenters. The van der Waals surface area contributed by atoms with E-state index in [-0.39, 0.29) is 11.8 Å². The summed E-state index contributed by atoms with van der Waals surface area (Å²) in [5.41, 5.74) is 2.73. The van der Waals surface area contributed by atoms with E-state index >= 15 is 0 Å². The van der Waals surface area contributed by atoms with Crippen LogP contribution >= 0.6 is 0 Å². The normalized spacial score (nSPS) is 16.5. The minimum absolute atomic E-state index is 0.178. The molecule has 1 heterocycles. The van der Waals surface area contributed by atoms with Crippen molar-refractivity contribution < 1.29 is 19.1 Å². The third-order valence-electron chi connectivity index (χ3n) is 5.30. The van der Waals surface area contributed by atoms with Gasteiger partial charge in [0.05, 0.1) is 18.8 Å². The topological polar surface area (TPSA) is 67.9 Å². The molecule has 1 aliphatic rings. The number of amides is 1. The van der Waals surface area contributed by atoms with Gasteiger partial charge in [-0.15, -0.1) is 0 Å². The van der Waals surface area contributed by atoms with Gasteiger partial charge in [-0.25, -0.2) is 4.79 Å². The van der Waals surface area contributed by atoms with Gasteiger partial charge in [0.1, 0.15) is 0 Å². The van der Waals surface area contributed by atoms with Gasteiger partial charge in [-0.05, 0) is 36.1 Å². The van der Waals surface area contributed by atoms with Gasteiger partial charge in [-0.1, -0.05) is 49.4 Å². The molecule has 0 saturated carbocycles. The Hall–Kier alpha value is -2.70. The van der Waals surface area contributed by atoms with Gasteiger partial charge in [0, 0.05) is 26.2 Å². The highest BCUT2D eigenvalue weighted by molar-refractivity contribution is 5.92. The van der Waals surface area contributed by atoms with Crippen molar-refractivity contribution in [2.75, 3.05) is 32.8 Å². The lowest BCUT2D eigenvalue weighted by Gasteiger charge is -2.26. The van der Waals surface area contributed by atoms with E-state index in [1.807, 2.05) is 49.4 Å². The summed E-state index contributed by atoms with van der Waals surface area (Å²) in [4.78, 5) is 27.0. The number of ether oxygens (including phenoxy) is 2. The molecule has 1 saturated heterocycles. The summed E-state index contributed by atoms with van der Waals surface area (Å²) in [6, 6.07) is 17.3. The first-order valence-corrected chi connectivity index (χ1v) is 10.5. The van der Waals surface area contributed by atoms with Crippen LogP contribution in [0.4, 0.5) is 0 Å². The Morgan fingerprint density at radius 3 is 2.37 bits per heavy atom. The molecule has 1 fully saturated rings. The molecule has 1 N–H and O–H groups in total. The summed E-state index contributed by atoms with van der Waals surface area (Å²) in [6.45, 7) is 8.30. The lowest BCUT2D eigenvalue weighted by Crippen LogP contribution is -2.37. The Labute approximate surface area is 178 Å². The lowest BCUT2D eigenvalue weighted by molar-refractivity contribution is -0.129. The molecule has 0 bridgehead atoms. The molecule has 1 amide bonds. The quantitative estimate of drug-likeness (QED) is 0.678. The summed E-state index contributed by atoms with van der Waals surface area (Å²) < 4.78 is 10.7. The van der Waals surface area contributed by atoms with Crippen LogP contribution in [0.1, 0.15) is 41.3 Å². The number of carbonyl (C=O) groups is 2. The lowest BCUT2D eigenvalue weighted by atomic mass is 10.0. The van der Waals surface area contributed by atoms with Crippen molar-refractivity contribution in [3.8, 4) is 0 Å². The maximum Gasteiger partial charge on any atom is 0.338 e. The van der Waals surface area contributed by atoms with E-state index in [0.717, 1.165) is 44.0 Å². The Bertz CT molecular complexity index is 817. The molecular formula is C24H30N2O4. The zero-order chi connectivity index (χ0) is 21.3. The van der Waals surface area contributed by atoms with Crippen LogP contribution in [0, 0.1) is 0 Å². The van der Waals surface area contributed by atoms with Crippen LogP contribution in [0.25, 0.3) is 0 Å². The average Bonchev–Trinajstić information content (AvgIpc) is 2.79. The number of nitrogens with zero attached hydrogens (tertiary/aromatic N) is 1. The first-order chi connectivity index (χ1) is 14.5. The molecule has 3 rings (SSSR count). The van der Waals surface area contributed by atoms with Gasteiger partial charge < -0.3 is 14.8 Å². The van der Waals surface area contributed by atoms with E-state index in [9.17, 15) is 9.59 Å². The number of esters is 1. The number of benzene rings is 2. The van der Waals surface area contributed by atoms with Crippen LogP contribution < -0.4 is 5.32 Å². The molecule has 6 heteroatoms. The van der Waals surface area contributed by atoms with E-state index in [0.29, 0.717) is 12.1 Å². The second-order valence-electron chi connectivity index (χ2n) is 7.69. The highest BCUT2D eigenvalue weighted by Crippen LogP contribution is 2.14. The number of carbonyl (C=O) groups excluding carboxylic acids is 2. The molecular weight excluding hydrogens is 380 g/mol. The van der Waals surface area contributed by atoms with Crippen LogP contribution in [0.5, 0.6) is 0 Å². The van der Waals surface area contributed by atoms with Gasteiger partial charge in [0.25, 0.3) is 5.91 Å². The third kappa shape index (κ3) is 6.40. The molecule has 160 valence electrons. The molecule has 2 aromatic carbocycles. The molecule has 0 aliphatic carbocycles. The molecule has 30 heavy (non-hydrogen) atoms. The summed E-state index contributed by atoms with van der Waals surface area (Å²) in [5.74, 6) is -0.612. The predicted molar refractivity (Wildman–Crippen MR) is 115 cm³/mol. The Balaban J connectivity index is 1.45. The maximum atomic E-state index is 12.4. The maximum absolute atomic E-state index is 12.4. The van der Waals surface area contributed by atoms with Crippen molar-refractivity contribution in [3.63, 3.8) is 0 Å². The Morgan fingerprint density at radius 2 is 1.70 bits per heavy atom. The second-order valence-corrected chi connectivity index (χ2v) is 7.69. The molecule has 0 aromatic heterocycles. The Kier molecular flexibility index (Phi) is 7.99. The van der Waals surface area contributed by atoms with Crippen LogP contribution in [0.3, 0.4) is 0 Å². The zero-order valence-electron chi connectivity index (χ0n) is 17.7. The highest BCUT2D eigenvalue weighted by atomic mass is 16.5. The van der Waals surface area contributed by atoms with Gasteiger partial charge in [0.15, 0.2) is 6.10 Å². The largest absolute Gasteiger partial charge is 0.449 e.